The Kier molecular flexibility index (Phi) is 4.20. The van der Waals surface area contributed by atoms with Crippen LogP contribution in [0.2, 0.25) is 0 Å². The van der Waals surface area contributed by atoms with Crippen molar-refractivity contribution in [3.8, 4) is 23.7 Å². The first kappa shape index (κ1) is 12.7. The zero-order valence-electron chi connectivity index (χ0n) is 10.6. The fourth-order valence-electron chi connectivity index (χ4n) is 1.54. The Morgan fingerprint density at radius 2 is 2.00 bits per heavy atom. The molecule has 92 valence electrons. The van der Waals surface area contributed by atoms with Crippen LogP contribution in [-0.4, -0.2) is 15.0 Å². The van der Waals surface area contributed by atoms with Gasteiger partial charge in [-0.05, 0) is 18.6 Å². The summed E-state index contributed by atoms with van der Waals surface area (Å²) in [6, 6.07) is 9.81. The van der Waals surface area contributed by atoms with Gasteiger partial charge in [-0.25, -0.2) is 15.0 Å². The summed E-state index contributed by atoms with van der Waals surface area (Å²) in [5, 5.41) is 0. The smallest absolute Gasteiger partial charge is 0.163 e. The van der Waals surface area contributed by atoms with Crippen LogP contribution in [0.15, 0.2) is 54.9 Å². The van der Waals surface area contributed by atoms with Crippen LogP contribution in [0.25, 0.3) is 17.0 Å². The second-order valence-corrected chi connectivity index (χ2v) is 3.87. The number of terminal acetylenes is 1. The van der Waals surface area contributed by atoms with Gasteiger partial charge < -0.3 is 0 Å². The lowest BCUT2D eigenvalue weighted by Gasteiger charge is -2.02. The molecule has 0 atom stereocenters. The maximum Gasteiger partial charge on any atom is 0.163 e. The Hall–Kier alpha value is -2.73. The number of hydrogen-bond acceptors (Lipinski definition) is 3. The van der Waals surface area contributed by atoms with Crippen LogP contribution in [0.3, 0.4) is 0 Å². The van der Waals surface area contributed by atoms with E-state index in [9.17, 15) is 0 Å². The minimum atomic E-state index is 0.649. The van der Waals surface area contributed by atoms with Crippen LogP contribution >= 0.6 is 0 Å². The van der Waals surface area contributed by atoms with Gasteiger partial charge in [0.2, 0.25) is 0 Å². The van der Waals surface area contributed by atoms with Crippen molar-refractivity contribution in [1.82, 2.24) is 15.0 Å². The van der Waals surface area contributed by atoms with E-state index in [4.69, 9.17) is 6.42 Å². The van der Waals surface area contributed by atoms with Crippen molar-refractivity contribution >= 4 is 5.57 Å². The van der Waals surface area contributed by atoms with Gasteiger partial charge in [0.1, 0.15) is 6.33 Å². The minimum absolute atomic E-state index is 0.649. The molecule has 1 aromatic carbocycles. The molecule has 0 saturated heterocycles. The normalized spacial score (nSPS) is 11.5. The third-order valence-corrected chi connectivity index (χ3v) is 2.50. The number of allylic oxidation sites excluding steroid dienone is 4. The molecular formula is C16H13N3. The molecule has 0 amide bonds. The van der Waals surface area contributed by atoms with E-state index in [0.29, 0.717) is 11.6 Å². The Bertz CT molecular complexity index is 649. The lowest BCUT2D eigenvalue weighted by molar-refractivity contribution is 1.02. The van der Waals surface area contributed by atoms with E-state index >= 15 is 0 Å². The van der Waals surface area contributed by atoms with Crippen molar-refractivity contribution in [2.24, 2.45) is 0 Å². The second-order valence-electron chi connectivity index (χ2n) is 3.87. The van der Waals surface area contributed by atoms with Crippen LogP contribution in [0, 0.1) is 12.3 Å². The SMILES string of the molecule is C#C/C=C\C=C(/C)c1ncnc(-c2ccccc2)n1. The summed E-state index contributed by atoms with van der Waals surface area (Å²) in [6.07, 6.45) is 12.0. The summed E-state index contributed by atoms with van der Waals surface area (Å²) in [5.41, 5.74) is 1.91. The molecular weight excluding hydrogens is 234 g/mol. The molecule has 0 spiro atoms. The highest BCUT2D eigenvalue weighted by Gasteiger charge is 2.04. The van der Waals surface area contributed by atoms with Crippen LogP contribution in [0.1, 0.15) is 12.7 Å². The molecule has 0 bridgehead atoms. The zero-order valence-corrected chi connectivity index (χ0v) is 10.6. The van der Waals surface area contributed by atoms with Gasteiger partial charge in [-0.15, -0.1) is 6.42 Å². The maximum absolute atomic E-state index is 5.15. The summed E-state index contributed by atoms with van der Waals surface area (Å²) in [4.78, 5) is 12.8. The third kappa shape index (κ3) is 3.36. The van der Waals surface area contributed by atoms with E-state index in [-0.39, 0.29) is 0 Å². The molecule has 1 aromatic heterocycles. The van der Waals surface area contributed by atoms with Crippen molar-refractivity contribution in [3.05, 3.63) is 60.7 Å². The van der Waals surface area contributed by atoms with Gasteiger partial charge in [0, 0.05) is 5.56 Å². The molecule has 2 rings (SSSR count). The van der Waals surface area contributed by atoms with E-state index in [0.717, 1.165) is 11.1 Å². The van der Waals surface area contributed by atoms with Gasteiger partial charge in [-0.3, -0.25) is 0 Å². The Labute approximate surface area is 112 Å². The van der Waals surface area contributed by atoms with E-state index in [1.807, 2.05) is 43.3 Å². The fraction of sp³-hybridized carbons (Fsp3) is 0.0625. The number of benzene rings is 1. The van der Waals surface area contributed by atoms with E-state index in [1.165, 1.54) is 6.33 Å². The van der Waals surface area contributed by atoms with Gasteiger partial charge in [0.05, 0.1) is 0 Å². The molecule has 0 aliphatic heterocycles. The van der Waals surface area contributed by atoms with Crippen LogP contribution in [0.4, 0.5) is 0 Å². The Morgan fingerprint density at radius 1 is 1.21 bits per heavy atom. The number of nitrogens with zero attached hydrogens (tertiary/aromatic N) is 3. The van der Waals surface area contributed by atoms with Gasteiger partial charge in [0.15, 0.2) is 11.6 Å². The Balaban J connectivity index is 2.33. The molecule has 0 aliphatic rings. The topological polar surface area (TPSA) is 38.7 Å². The largest absolute Gasteiger partial charge is 0.217 e. The van der Waals surface area contributed by atoms with Crippen LogP contribution in [0.5, 0.6) is 0 Å². The monoisotopic (exact) mass is 247 g/mol. The Morgan fingerprint density at radius 3 is 2.74 bits per heavy atom. The number of aromatic nitrogens is 3. The summed E-state index contributed by atoms with van der Waals surface area (Å²) < 4.78 is 0. The van der Waals surface area contributed by atoms with Crippen molar-refractivity contribution in [1.29, 1.82) is 0 Å². The standard InChI is InChI=1S/C16H13N3/c1-3-4-6-9-13(2)15-17-12-18-16(19-15)14-10-7-5-8-11-14/h1,4-12H,2H3/b6-4-,13-9+. The molecule has 0 unspecified atom stereocenters. The molecule has 1 heterocycles. The first-order valence-corrected chi connectivity index (χ1v) is 5.85. The minimum Gasteiger partial charge on any atom is -0.217 e. The van der Waals surface area contributed by atoms with Crippen molar-refractivity contribution in [2.75, 3.05) is 0 Å². The van der Waals surface area contributed by atoms with Gasteiger partial charge >= 0.3 is 0 Å². The molecule has 0 radical (unpaired) electrons. The number of rotatable bonds is 3. The summed E-state index contributed by atoms with van der Waals surface area (Å²) in [7, 11) is 0. The lowest BCUT2D eigenvalue weighted by atomic mass is 10.2. The summed E-state index contributed by atoms with van der Waals surface area (Å²) in [6.45, 7) is 1.94. The molecule has 0 saturated carbocycles. The highest BCUT2D eigenvalue weighted by atomic mass is 15.0. The van der Waals surface area contributed by atoms with Gasteiger partial charge in [-0.2, -0.15) is 0 Å². The maximum atomic E-state index is 5.15. The summed E-state index contributed by atoms with van der Waals surface area (Å²) in [5.74, 6) is 3.75. The average Bonchev–Trinajstić information content (AvgIpc) is 2.48. The lowest BCUT2D eigenvalue weighted by Crippen LogP contribution is -1.96. The van der Waals surface area contributed by atoms with E-state index < -0.39 is 0 Å². The van der Waals surface area contributed by atoms with Crippen LogP contribution in [-0.2, 0) is 0 Å². The molecule has 3 heteroatoms. The second kappa shape index (κ2) is 6.27. The fourth-order valence-corrected chi connectivity index (χ4v) is 1.54. The highest BCUT2D eigenvalue weighted by Crippen LogP contribution is 2.15. The predicted molar refractivity (Wildman–Crippen MR) is 76.9 cm³/mol. The van der Waals surface area contributed by atoms with Gasteiger partial charge in [0.25, 0.3) is 0 Å². The van der Waals surface area contributed by atoms with E-state index in [1.54, 1.807) is 12.2 Å². The first-order chi connectivity index (χ1) is 9.31. The molecule has 0 N–H and O–H groups in total. The number of hydrogen-bond donors (Lipinski definition) is 0. The highest BCUT2D eigenvalue weighted by molar-refractivity contribution is 5.62. The molecule has 0 aliphatic carbocycles. The molecule has 2 aromatic rings. The van der Waals surface area contributed by atoms with Gasteiger partial charge in [-0.1, -0.05) is 48.4 Å². The van der Waals surface area contributed by atoms with E-state index in [2.05, 4.69) is 20.9 Å². The molecule has 19 heavy (non-hydrogen) atoms. The average molecular weight is 247 g/mol. The predicted octanol–water partition coefficient (Wildman–Crippen LogP) is 3.13. The molecule has 3 nitrogen and oxygen atoms in total. The first-order valence-electron chi connectivity index (χ1n) is 5.85. The van der Waals surface area contributed by atoms with Crippen molar-refractivity contribution in [3.63, 3.8) is 0 Å². The van der Waals surface area contributed by atoms with Crippen LogP contribution < -0.4 is 0 Å². The third-order valence-electron chi connectivity index (χ3n) is 2.50. The summed E-state index contributed by atoms with van der Waals surface area (Å²) >= 11 is 0. The quantitative estimate of drug-likeness (QED) is 0.618. The zero-order chi connectivity index (χ0) is 13.5. The molecule has 0 fully saturated rings. The van der Waals surface area contributed by atoms with Crippen molar-refractivity contribution in [2.45, 2.75) is 6.92 Å². The van der Waals surface area contributed by atoms with Crippen molar-refractivity contribution < 1.29 is 0 Å².